The normalized spacial score (nSPS) is 12.2. The summed E-state index contributed by atoms with van der Waals surface area (Å²) in [4.78, 5) is 40.5. The highest BCUT2D eigenvalue weighted by molar-refractivity contribution is 7.17. The van der Waals surface area contributed by atoms with E-state index in [1.165, 1.54) is 17.5 Å². The minimum Gasteiger partial charge on any atom is -0.478 e. The van der Waals surface area contributed by atoms with Crippen LogP contribution in [-0.4, -0.2) is 47.5 Å². The number of nitrogens with zero attached hydrogens (tertiary/aromatic N) is 4. The molecule has 4 heterocycles. The number of nitrogens with one attached hydrogen (secondary N) is 2. The van der Waals surface area contributed by atoms with Gasteiger partial charge in [0.25, 0.3) is 5.91 Å². The van der Waals surface area contributed by atoms with Gasteiger partial charge in [-0.3, -0.25) is 4.79 Å². The molecule has 0 aromatic carbocycles. The van der Waals surface area contributed by atoms with E-state index in [1.807, 2.05) is 17.7 Å². The van der Waals surface area contributed by atoms with Crippen molar-refractivity contribution in [3.63, 3.8) is 0 Å². The van der Waals surface area contributed by atoms with E-state index >= 15 is 0 Å². The van der Waals surface area contributed by atoms with Gasteiger partial charge in [0.05, 0.1) is 28.0 Å². The van der Waals surface area contributed by atoms with E-state index in [4.69, 9.17) is 0 Å². The molecule has 10 heteroatoms. The van der Waals surface area contributed by atoms with E-state index in [2.05, 4.69) is 25.3 Å². The molecule has 0 radical (unpaired) electrons. The lowest BCUT2D eigenvalue weighted by Gasteiger charge is -2.13. The minimum atomic E-state index is -1.07. The van der Waals surface area contributed by atoms with Gasteiger partial charge in [-0.1, -0.05) is 0 Å². The number of rotatable bonds is 6. The molecule has 4 rings (SSSR count). The first-order valence-corrected chi connectivity index (χ1v) is 9.27. The summed E-state index contributed by atoms with van der Waals surface area (Å²) in [6.45, 7) is 2.54. The highest BCUT2D eigenvalue weighted by atomic mass is 32.1. The van der Waals surface area contributed by atoms with Gasteiger partial charge < -0.3 is 20.0 Å². The molecule has 0 aliphatic carbocycles. The molecule has 0 fully saturated rings. The van der Waals surface area contributed by atoms with E-state index in [0.29, 0.717) is 28.3 Å². The molecule has 142 valence electrons. The van der Waals surface area contributed by atoms with Crippen LogP contribution < -0.4 is 5.32 Å². The van der Waals surface area contributed by atoms with E-state index < -0.39 is 5.97 Å². The van der Waals surface area contributed by atoms with Gasteiger partial charge in [-0.05, 0) is 19.1 Å². The average Bonchev–Trinajstić information content (AvgIpc) is 3.41. The zero-order valence-electron chi connectivity index (χ0n) is 14.8. The van der Waals surface area contributed by atoms with Crippen molar-refractivity contribution in [2.45, 2.75) is 19.5 Å². The fourth-order valence-electron chi connectivity index (χ4n) is 2.82. The maximum absolute atomic E-state index is 12.5. The summed E-state index contributed by atoms with van der Waals surface area (Å²) in [5.74, 6) is -1.25. The standard InChI is InChI=1S/C18H16N6O3S/c1-10(8-24-5-4-19-9-24)22-17(25)14-3-2-13(28-14)12-7-21-16-15(23-12)11(6-20-16)18(26)27/h2-7,9-10H,8H2,1H3,(H,20,21)(H,22,25)(H,26,27). The maximum atomic E-state index is 12.5. The number of hydrogen-bond acceptors (Lipinski definition) is 6. The summed E-state index contributed by atoms with van der Waals surface area (Å²) < 4.78 is 1.90. The number of thiophene rings is 1. The summed E-state index contributed by atoms with van der Waals surface area (Å²) in [5.41, 5.74) is 1.28. The average molecular weight is 396 g/mol. The highest BCUT2D eigenvalue weighted by Crippen LogP contribution is 2.28. The number of carbonyl (C=O) groups excluding carboxylic acids is 1. The first-order chi connectivity index (χ1) is 13.5. The lowest BCUT2D eigenvalue weighted by molar-refractivity contribution is 0.0698. The molecule has 0 bridgehead atoms. The summed E-state index contributed by atoms with van der Waals surface area (Å²) in [6, 6.07) is 3.44. The van der Waals surface area contributed by atoms with Crippen molar-refractivity contribution < 1.29 is 14.7 Å². The molecule has 1 unspecified atom stereocenters. The first-order valence-electron chi connectivity index (χ1n) is 8.45. The van der Waals surface area contributed by atoms with Gasteiger partial charge in [-0.25, -0.2) is 19.7 Å². The summed E-state index contributed by atoms with van der Waals surface area (Å²) >= 11 is 1.28. The van der Waals surface area contributed by atoms with Crippen LogP contribution in [0.4, 0.5) is 0 Å². The van der Waals surface area contributed by atoms with Crippen LogP contribution in [0.2, 0.25) is 0 Å². The molecule has 0 aliphatic heterocycles. The van der Waals surface area contributed by atoms with Crippen LogP contribution >= 0.6 is 11.3 Å². The van der Waals surface area contributed by atoms with Crippen LogP contribution in [0.15, 0.2) is 43.2 Å². The molecule has 0 saturated carbocycles. The number of aromatic carboxylic acids is 1. The third-order valence-electron chi connectivity index (χ3n) is 4.11. The van der Waals surface area contributed by atoms with Crippen molar-refractivity contribution in [2.24, 2.45) is 0 Å². The van der Waals surface area contributed by atoms with Gasteiger partial charge in [0, 0.05) is 31.2 Å². The predicted octanol–water partition coefficient (Wildman–Crippen LogP) is 2.40. The van der Waals surface area contributed by atoms with E-state index in [9.17, 15) is 14.7 Å². The molecular formula is C18H16N6O3S. The number of hydrogen-bond donors (Lipinski definition) is 3. The van der Waals surface area contributed by atoms with Crippen molar-refractivity contribution in [3.05, 3.63) is 53.7 Å². The molecule has 28 heavy (non-hydrogen) atoms. The maximum Gasteiger partial charge on any atom is 0.339 e. The Bertz CT molecular complexity index is 1150. The Hall–Kier alpha value is -3.53. The van der Waals surface area contributed by atoms with Gasteiger partial charge in [0.15, 0.2) is 5.65 Å². The minimum absolute atomic E-state index is 0.0622. The zero-order chi connectivity index (χ0) is 19.7. The highest BCUT2D eigenvalue weighted by Gasteiger charge is 2.17. The van der Waals surface area contributed by atoms with E-state index in [1.54, 1.807) is 30.9 Å². The number of amides is 1. The summed E-state index contributed by atoms with van der Waals surface area (Å²) in [6.07, 6.45) is 8.16. The summed E-state index contributed by atoms with van der Waals surface area (Å²) in [7, 11) is 0. The van der Waals surface area contributed by atoms with Crippen molar-refractivity contribution in [1.82, 2.24) is 29.8 Å². The number of imidazole rings is 1. The monoisotopic (exact) mass is 396 g/mol. The Labute approximate surface area is 163 Å². The summed E-state index contributed by atoms with van der Waals surface area (Å²) in [5, 5.41) is 12.2. The largest absolute Gasteiger partial charge is 0.478 e. The van der Waals surface area contributed by atoms with Crippen LogP contribution in [0.3, 0.4) is 0 Å². The molecule has 0 aliphatic rings. The van der Waals surface area contributed by atoms with Gasteiger partial charge in [-0.2, -0.15) is 0 Å². The van der Waals surface area contributed by atoms with Crippen molar-refractivity contribution >= 4 is 34.4 Å². The number of H-pyrrole nitrogens is 1. The van der Waals surface area contributed by atoms with E-state index in [-0.39, 0.29) is 17.5 Å². The Morgan fingerprint density at radius 3 is 3.00 bits per heavy atom. The number of aromatic amines is 1. The Balaban J connectivity index is 1.52. The fourth-order valence-corrected chi connectivity index (χ4v) is 3.69. The number of aromatic nitrogens is 5. The lowest BCUT2D eigenvalue weighted by Crippen LogP contribution is -2.35. The lowest BCUT2D eigenvalue weighted by atomic mass is 10.3. The van der Waals surface area contributed by atoms with Crippen molar-refractivity contribution in [2.75, 3.05) is 0 Å². The van der Waals surface area contributed by atoms with Crippen LogP contribution in [-0.2, 0) is 6.54 Å². The smallest absolute Gasteiger partial charge is 0.339 e. The molecule has 0 spiro atoms. The molecule has 0 saturated heterocycles. The third-order valence-corrected chi connectivity index (χ3v) is 5.22. The van der Waals surface area contributed by atoms with Gasteiger partial charge in [0.1, 0.15) is 11.1 Å². The van der Waals surface area contributed by atoms with Gasteiger partial charge >= 0.3 is 5.97 Å². The van der Waals surface area contributed by atoms with Crippen LogP contribution in [0.5, 0.6) is 0 Å². The first kappa shape index (κ1) is 17.9. The van der Waals surface area contributed by atoms with Gasteiger partial charge in [-0.15, -0.1) is 11.3 Å². The van der Waals surface area contributed by atoms with Crippen molar-refractivity contribution in [1.29, 1.82) is 0 Å². The Morgan fingerprint density at radius 2 is 2.25 bits per heavy atom. The molecule has 9 nitrogen and oxygen atoms in total. The predicted molar refractivity (Wildman–Crippen MR) is 103 cm³/mol. The fraction of sp³-hybridized carbons (Fsp3) is 0.167. The Morgan fingerprint density at radius 1 is 1.39 bits per heavy atom. The topological polar surface area (TPSA) is 126 Å². The second-order valence-electron chi connectivity index (χ2n) is 6.26. The van der Waals surface area contributed by atoms with Crippen molar-refractivity contribution in [3.8, 4) is 10.6 Å². The second kappa shape index (κ2) is 7.24. The molecule has 3 N–H and O–H groups in total. The van der Waals surface area contributed by atoms with Crippen LogP contribution in [0.1, 0.15) is 27.0 Å². The Kier molecular flexibility index (Phi) is 4.62. The zero-order valence-corrected chi connectivity index (χ0v) is 15.6. The molecule has 1 atom stereocenters. The van der Waals surface area contributed by atoms with E-state index in [0.717, 1.165) is 4.88 Å². The molecule has 4 aromatic heterocycles. The van der Waals surface area contributed by atoms with Crippen LogP contribution in [0.25, 0.3) is 21.7 Å². The SMILES string of the molecule is CC(Cn1ccnc1)NC(=O)c1ccc(-c2cnc3[nH]cc(C(=O)O)c3n2)s1. The number of carbonyl (C=O) groups is 2. The van der Waals surface area contributed by atoms with Crippen LogP contribution in [0, 0.1) is 0 Å². The third kappa shape index (κ3) is 3.49. The molecule has 4 aromatic rings. The molecule has 1 amide bonds. The number of carboxylic acids is 1. The number of fused-ring (bicyclic) bond motifs is 1. The number of carboxylic acid groups (broad SMARTS) is 1. The second-order valence-corrected chi connectivity index (χ2v) is 7.34. The quantitative estimate of drug-likeness (QED) is 0.459. The van der Waals surface area contributed by atoms with Gasteiger partial charge in [0.2, 0.25) is 0 Å². The molecular weight excluding hydrogens is 380 g/mol.